The average molecular weight is 262 g/mol. The Balaban J connectivity index is 2.06. The second-order valence-electron chi connectivity index (χ2n) is 6.82. The largest absolute Gasteiger partial charge is 0.399 e. The van der Waals surface area contributed by atoms with E-state index in [9.17, 15) is 0 Å². The Morgan fingerprint density at radius 1 is 1.26 bits per heavy atom. The molecule has 3 nitrogen and oxygen atoms in total. The Bertz CT molecular complexity index is 423. The molecule has 0 atom stereocenters. The Labute approximate surface area is 116 Å². The molecule has 0 radical (unpaired) electrons. The second-order valence-corrected chi connectivity index (χ2v) is 6.82. The third-order valence-electron chi connectivity index (χ3n) is 3.82. The zero-order chi connectivity index (χ0) is 14.1. The molecule has 3 heteroatoms. The van der Waals surface area contributed by atoms with Gasteiger partial charge in [-0.25, -0.2) is 0 Å². The van der Waals surface area contributed by atoms with Crippen LogP contribution in [0, 0.1) is 0 Å². The van der Waals surface area contributed by atoms with Gasteiger partial charge in [0, 0.05) is 30.7 Å². The molecule has 1 aliphatic heterocycles. The third kappa shape index (κ3) is 3.71. The third-order valence-corrected chi connectivity index (χ3v) is 3.82. The first-order valence-electron chi connectivity index (χ1n) is 7.01. The average Bonchev–Trinajstić information content (AvgIpc) is 2.27. The highest BCUT2D eigenvalue weighted by atomic mass is 16.5. The Morgan fingerprint density at radius 3 is 2.47 bits per heavy atom. The van der Waals surface area contributed by atoms with Crippen molar-refractivity contribution in [1.82, 2.24) is 4.90 Å². The number of ether oxygens (including phenoxy) is 1. The molecule has 0 unspecified atom stereocenters. The van der Waals surface area contributed by atoms with Gasteiger partial charge in [-0.3, -0.25) is 4.90 Å². The monoisotopic (exact) mass is 262 g/mol. The smallest absolute Gasteiger partial charge is 0.0753 e. The standard InChI is InChI=1S/C16H26N2O/c1-15(2,13-5-7-14(17)8-6-13)11-18-9-10-19-16(3,4)12-18/h5-8H,9-12,17H2,1-4H3. The van der Waals surface area contributed by atoms with Crippen molar-refractivity contribution in [2.45, 2.75) is 38.7 Å². The molecule has 2 rings (SSSR count). The van der Waals surface area contributed by atoms with Crippen LogP contribution in [0.5, 0.6) is 0 Å². The van der Waals surface area contributed by atoms with Crippen LogP contribution in [-0.2, 0) is 10.2 Å². The first kappa shape index (κ1) is 14.4. The van der Waals surface area contributed by atoms with E-state index in [2.05, 4.69) is 44.7 Å². The van der Waals surface area contributed by atoms with Crippen molar-refractivity contribution in [3.05, 3.63) is 29.8 Å². The molecule has 106 valence electrons. The minimum absolute atomic E-state index is 0.0323. The predicted molar refractivity (Wildman–Crippen MR) is 80.4 cm³/mol. The molecule has 0 aliphatic carbocycles. The Hall–Kier alpha value is -1.06. The highest BCUT2D eigenvalue weighted by Gasteiger charge is 2.31. The lowest BCUT2D eigenvalue weighted by Gasteiger charge is -2.41. The lowest BCUT2D eigenvalue weighted by molar-refractivity contribution is -0.0894. The summed E-state index contributed by atoms with van der Waals surface area (Å²) in [6.45, 7) is 12.8. The van der Waals surface area contributed by atoms with Crippen molar-refractivity contribution >= 4 is 5.69 Å². The number of hydrogen-bond acceptors (Lipinski definition) is 3. The molecule has 19 heavy (non-hydrogen) atoms. The second kappa shape index (κ2) is 5.14. The lowest BCUT2D eigenvalue weighted by atomic mass is 9.83. The van der Waals surface area contributed by atoms with E-state index in [0.29, 0.717) is 0 Å². The number of rotatable bonds is 3. The van der Waals surface area contributed by atoms with Gasteiger partial charge in [-0.05, 0) is 31.5 Å². The van der Waals surface area contributed by atoms with Gasteiger partial charge in [0.05, 0.1) is 12.2 Å². The maximum absolute atomic E-state index is 5.77. The normalized spacial score (nSPS) is 20.4. The molecule has 0 spiro atoms. The molecular weight excluding hydrogens is 236 g/mol. The summed E-state index contributed by atoms with van der Waals surface area (Å²) in [5.41, 5.74) is 8.02. The highest BCUT2D eigenvalue weighted by molar-refractivity contribution is 5.41. The van der Waals surface area contributed by atoms with Crippen LogP contribution in [-0.4, -0.2) is 36.7 Å². The SMILES string of the molecule is CC1(C)CN(CC(C)(C)c2ccc(N)cc2)CCO1. The van der Waals surface area contributed by atoms with Crippen molar-refractivity contribution < 1.29 is 4.74 Å². The summed E-state index contributed by atoms with van der Waals surface area (Å²) in [6, 6.07) is 8.25. The minimum Gasteiger partial charge on any atom is -0.399 e. The van der Waals surface area contributed by atoms with Crippen molar-refractivity contribution in [3.63, 3.8) is 0 Å². The first-order valence-corrected chi connectivity index (χ1v) is 7.01. The van der Waals surface area contributed by atoms with Gasteiger partial charge in [0.15, 0.2) is 0 Å². The fourth-order valence-electron chi connectivity index (χ4n) is 2.83. The lowest BCUT2D eigenvalue weighted by Crippen LogP contribution is -2.51. The molecule has 0 bridgehead atoms. The summed E-state index contributed by atoms with van der Waals surface area (Å²) in [5.74, 6) is 0. The zero-order valence-electron chi connectivity index (χ0n) is 12.6. The molecule has 1 heterocycles. The van der Waals surface area contributed by atoms with Crippen LogP contribution in [0.25, 0.3) is 0 Å². The van der Waals surface area contributed by atoms with Crippen molar-refractivity contribution in [1.29, 1.82) is 0 Å². The number of benzene rings is 1. The summed E-state index contributed by atoms with van der Waals surface area (Å²) in [7, 11) is 0. The van der Waals surface area contributed by atoms with Crippen LogP contribution in [0.3, 0.4) is 0 Å². The molecule has 1 fully saturated rings. The highest BCUT2D eigenvalue weighted by Crippen LogP contribution is 2.27. The molecule has 1 aromatic carbocycles. The van der Waals surface area contributed by atoms with Crippen LogP contribution < -0.4 is 5.73 Å². The van der Waals surface area contributed by atoms with E-state index in [4.69, 9.17) is 10.5 Å². The quantitative estimate of drug-likeness (QED) is 0.851. The van der Waals surface area contributed by atoms with Gasteiger partial charge in [0.1, 0.15) is 0 Å². The van der Waals surface area contributed by atoms with Crippen molar-refractivity contribution in [2.24, 2.45) is 0 Å². The van der Waals surface area contributed by atoms with Gasteiger partial charge in [-0.2, -0.15) is 0 Å². The van der Waals surface area contributed by atoms with E-state index >= 15 is 0 Å². The van der Waals surface area contributed by atoms with Gasteiger partial charge in [0.2, 0.25) is 0 Å². The minimum atomic E-state index is -0.0323. The maximum atomic E-state index is 5.77. The molecule has 1 saturated heterocycles. The molecule has 0 saturated carbocycles. The zero-order valence-corrected chi connectivity index (χ0v) is 12.6. The molecule has 1 aliphatic rings. The fraction of sp³-hybridized carbons (Fsp3) is 0.625. The van der Waals surface area contributed by atoms with E-state index in [0.717, 1.165) is 31.9 Å². The van der Waals surface area contributed by atoms with E-state index in [-0.39, 0.29) is 11.0 Å². The van der Waals surface area contributed by atoms with Gasteiger partial charge < -0.3 is 10.5 Å². The van der Waals surface area contributed by atoms with Crippen LogP contribution in [0.4, 0.5) is 5.69 Å². The number of nitrogens with two attached hydrogens (primary N) is 1. The Kier molecular flexibility index (Phi) is 3.88. The fourth-order valence-corrected chi connectivity index (χ4v) is 2.83. The van der Waals surface area contributed by atoms with E-state index in [1.54, 1.807) is 0 Å². The number of anilines is 1. The number of nitrogens with zero attached hydrogens (tertiary/aromatic N) is 1. The van der Waals surface area contributed by atoms with Gasteiger partial charge in [0.25, 0.3) is 0 Å². The van der Waals surface area contributed by atoms with Crippen molar-refractivity contribution in [2.75, 3.05) is 32.0 Å². The maximum Gasteiger partial charge on any atom is 0.0753 e. The van der Waals surface area contributed by atoms with Crippen LogP contribution in [0.1, 0.15) is 33.3 Å². The first-order chi connectivity index (χ1) is 8.78. The molecule has 1 aromatic rings. The summed E-state index contributed by atoms with van der Waals surface area (Å²) in [6.07, 6.45) is 0. The summed E-state index contributed by atoms with van der Waals surface area (Å²) in [4.78, 5) is 2.50. The van der Waals surface area contributed by atoms with Crippen molar-refractivity contribution in [3.8, 4) is 0 Å². The van der Waals surface area contributed by atoms with Gasteiger partial charge >= 0.3 is 0 Å². The van der Waals surface area contributed by atoms with E-state index in [1.165, 1.54) is 5.56 Å². The van der Waals surface area contributed by atoms with Gasteiger partial charge in [-0.15, -0.1) is 0 Å². The molecular formula is C16H26N2O. The van der Waals surface area contributed by atoms with Gasteiger partial charge in [-0.1, -0.05) is 26.0 Å². The topological polar surface area (TPSA) is 38.5 Å². The Morgan fingerprint density at radius 2 is 1.89 bits per heavy atom. The molecule has 0 aromatic heterocycles. The predicted octanol–water partition coefficient (Wildman–Crippen LogP) is 2.66. The summed E-state index contributed by atoms with van der Waals surface area (Å²) < 4.78 is 5.77. The van der Waals surface area contributed by atoms with Crippen LogP contribution in [0.2, 0.25) is 0 Å². The van der Waals surface area contributed by atoms with Crippen LogP contribution in [0.15, 0.2) is 24.3 Å². The van der Waals surface area contributed by atoms with E-state index < -0.39 is 0 Å². The molecule has 0 amide bonds. The number of hydrogen-bond donors (Lipinski definition) is 1. The summed E-state index contributed by atoms with van der Waals surface area (Å²) in [5, 5.41) is 0. The van der Waals surface area contributed by atoms with Crippen LogP contribution >= 0.6 is 0 Å². The number of nitrogen functional groups attached to an aromatic ring is 1. The molecule has 2 N–H and O–H groups in total. The summed E-state index contributed by atoms with van der Waals surface area (Å²) >= 11 is 0. The van der Waals surface area contributed by atoms with E-state index in [1.807, 2.05) is 12.1 Å². The number of morpholine rings is 1.